The number of nitrogens with zero attached hydrogens (tertiary/aromatic N) is 2. The molecule has 2 N–H and O–H groups in total. The number of aromatic nitrogens is 2. The van der Waals surface area contributed by atoms with Crippen molar-refractivity contribution >= 4 is 0 Å². The zero-order chi connectivity index (χ0) is 12.2. The van der Waals surface area contributed by atoms with Crippen molar-refractivity contribution in [2.24, 2.45) is 5.41 Å². The third-order valence-corrected chi connectivity index (χ3v) is 2.92. The normalized spacial score (nSPS) is 16.1. The summed E-state index contributed by atoms with van der Waals surface area (Å²) in [6.45, 7) is 9.83. The summed E-state index contributed by atoms with van der Waals surface area (Å²) in [6, 6.07) is 2.23. The van der Waals surface area contributed by atoms with E-state index in [-0.39, 0.29) is 5.41 Å². The predicted molar refractivity (Wildman–Crippen MR) is 65.2 cm³/mol. The Hall–Kier alpha value is -0.870. The van der Waals surface area contributed by atoms with Crippen LogP contribution < -0.4 is 5.32 Å². The summed E-state index contributed by atoms with van der Waals surface area (Å²) in [6.07, 6.45) is 3.18. The van der Waals surface area contributed by atoms with Crippen LogP contribution in [-0.2, 0) is 6.54 Å². The second kappa shape index (κ2) is 5.46. The molecule has 0 aliphatic heterocycles. The Morgan fingerprint density at radius 1 is 1.44 bits per heavy atom. The van der Waals surface area contributed by atoms with Crippen LogP contribution in [0.15, 0.2) is 18.5 Å². The van der Waals surface area contributed by atoms with Gasteiger partial charge in [-0.1, -0.05) is 20.8 Å². The van der Waals surface area contributed by atoms with E-state index in [1.165, 1.54) is 0 Å². The Kier molecular flexibility index (Phi) is 4.50. The number of rotatable bonds is 5. The molecule has 1 heterocycles. The zero-order valence-electron chi connectivity index (χ0n) is 10.6. The molecule has 0 aliphatic carbocycles. The number of hydrogen-bond acceptors (Lipinski definition) is 3. The van der Waals surface area contributed by atoms with E-state index in [1.807, 2.05) is 12.3 Å². The van der Waals surface area contributed by atoms with Gasteiger partial charge in [-0.15, -0.1) is 0 Å². The van der Waals surface area contributed by atoms with Gasteiger partial charge in [-0.05, 0) is 18.4 Å². The minimum absolute atomic E-state index is 0.214. The first-order chi connectivity index (χ1) is 7.39. The predicted octanol–water partition coefficient (Wildman–Crippen LogP) is 1.27. The topological polar surface area (TPSA) is 50.1 Å². The summed E-state index contributed by atoms with van der Waals surface area (Å²) in [5, 5.41) is 17.2. The van der Waals surface area contributed by atoms with Crippen LogP contribution in [0.1, 0.15) is 27.7 Å². The van der Waals surface area contributed by atoms with Crippen LogP contribution in [-0.4, -0.2) is 33.6 Å². The molecule has 0 spiro atoms. The Bertz CT molecular complexity index is 290. The second-order valence-corrected chi connectivity index (χ2v) is 5.38. The lowest BCUT2D eigenvalue weighted by Gasteiger charge is -2.29. The molecule has 16 heavy (non-hydrogen) atoms. The van der Waals surface area contributed by atoms with Crippen molar-refractivity contribution in [3.63, 3.8) is 0 Å². The van der Waals surface area contributed by atoms with Crippen molar-refractivity contribution in [1.82, 2.24) is 15.1 Å². The van der Waals surface area contributed by atoms with Crippen LogP contribution in [0.3, 0.4) is 0 Å². The second-order valence-electron chi connectivity index (χ2n) is 5.38. The first-order valence-corrected chi connectivity index (χ1v) is 5.78. The summed E-state index contributed by atoms with van der Waals surface area (Å²) in [7, 11) is 0. The first kappa shape index (κ1) is 13.2. The van der Waals surface area contributed by atoms with E-state index in [9.17, 15) is 5.11 Å². The van der Waals surface area contributed by atoms with Gasteiger partial charge >= 0.3 is 0 Å². The molecule has 1 rings (SSSR count). The van der Waals surface area contributed by atoms with Crippen molar-refractivity contribution in [2.45, 2.75) is 46.4 Å². The molecule has 1 aromatic heterocycles. The Labute approximate surface area is 97.7 Å². The molecular weight excluding hydrogens is 202 g/mol. The number of nitrogens with one attached hydrogen (secondary N) is 1. The summed E-state index contributed by atoms with van der Waals surface area (Å²) >= 11 is 0. The fourth-order valence-corrected chi connectivity index (χ4v) is 1.31. The highest BCUT2D eigenvalue weighted by molar-refractivity contribution is 4.80. The lowest BCUT2D eigenvalue weighted by Crippen LogP contribution is -2.42. The molecule has 0 aliphatic rings. The lowest BCUT2D eigenvalue weighted by molar-refractivity contribution is 0.134. The Morgan fingerprint density at radius 2 is 2.12 bits per heavy atom. The van der Waals surface area contributed by atoms with Gasteiger partial charge in [0.25, 0.3) is 0 Å². The molecule has 0 amide bonds. The van der Waals surface area contributed by atoms with Crippen molar-refractivity contribution in [3.05, 3.63) is 18.5 Å². The minimum Gasteiger partial charge on any atom is -0.390 e. The molecule has 0 bridgehead atoms. The van der Waals surface area contributed by atoms with Crippen LogP contribution in [0.2, 0.25) is 0 Å². The zero-order valence-corrected chi connectivity index (χ0v) is 10.6. The summed E-state index contributed by atoms with van der Waals surface area (Å²) < 4.78 is 1.74. The molecule has 0 saturated carbocycles. The highest BCUT2D eigenvalue weighted by Gasteiger charge is 2.20. The van der Waals surface area contributed by atoms with Gasteiger partial charge in [-0.25, -0.2) is 0 Å². The standard InChI is InChI=1S/C12H23N3O/c1-10(12(2,3)4)13-8-11(16)9-15-7-5-6-14-15/h5-7,10-11,13,16H,8-9H2,1-4H3. The molecule has 1 aromatic rings. The average molecular weight is 225 g/mol. The summed E-state index contributed by atoms with van der Waals surface area (Å²) in [4.78, 5) is 0. The van der Waals surface area contributed by atoms with E-state index in [0.717, 1.165) is 0 Å². The molecule has 0 fully saturated rings. The Balaban J connectivity index is 2.28. The number of aliphatic hydroxyl groups is 1. The van der Waals surface area contributed by atoms with Crippen LogP contribution in [0.25, 0.3) is 0 Å². The van der Waals surface area contributed by atoms with E-state index in [0.29, 0.717) is 19.1 Å². The highest BCUT2D eigenvalue weighted by atomic mass is 16.3. The van der Waals surface area contributed by atoms with Crippen LogP contribution in [0.5, 0.6) is 0 Å². The van der Waals surface area contributed by atoms with Gasteiger partial charge in [0.1, 0.15) is 0 Å². The molecule has 4 heteroatoms. The van der Waals surface area contributed by atoms with E-state index >= 15 is 0 Å². The maximum absolute atomic E-state index is 9.81. The van der Waals surface area contributed by atoms with Crippen molar-refractivity contribution < 1.29 is 5.11 Å². The Morgan fingerprint density at radius 3 is 2.62 bits per heavy atom. The lowest BCUT2D eigenvalue weighted by atomic mass is 9.88. The van der Waals surface area contributed by atoms with E-state index < -0.39 is 6.10 Å². The minimum atomic E-state index is -0.398. The van der Waals surface area contributed by atoms with Gasteiger partial charge < -0.3 is 10.4 Å². The first-order valence-electron chi connectivity index (χ1n) is 5.78. The maximum Gasteiger partial charge on any atom is 0.0860 e. The van der Waals surface area contributed by atoms with E-state index in [1.54, 1.807) is 10.9 Å². The van der Waals surface area contributed by atoms with Crippen LogP contribution in [0.4, 0.5) is 0 Å². The summed E-state index contributed by atoms with van der Waals surface area (Å²) in [5.41, 5.74) is 0.214. The average Bonchev–Trinajstić information content (AvgIpc) is 2.65. The van der Waals surface area contributed by atoms with Crippen molar-refractivity contribution in [2.75, 3.05) is 6.54 Å². The molecule has 0 radical (unpaired) electrons. The third-order valence-electron chi connectivity index (χ3n) is 2.92. The fraction of sp³-hybridized carbons (Fsp3) is 0.750. The molecule has 0 saturated heterocycles. The summed E-state index contributed by atoms with van der Waals surface area (Å²) in [5.74, 6) is 0. The highest BCUT2D eigenvalue weighted by Crippen LogP contribution is 2.18. The van der Waals surface area contributed by atoms with Crippen LogP contribution in [0, 0.1) is 5.41 Å². The maximum atomic E-state index is 9.81. The van der Waals surface area contributed by atoms with Gasteiger partial charge in [0.05, 0.1) is 12.6 Å². The molecule has 0 aromatic carbocycles. The van der Waals surface area contributed by atoms with Gasteiger partial charge in [-0.3, -0.25) is 4.68 Å². The molecular formula is C12H23N3O. The third kappa shape index (κ3) is 4.33. The van der Waals surface area contributed by atoms with Crippen molar-refractivity contribution in [3.8, 4) is 0 Å². The number of hydrogen-bond donors (Lipinski definition) is 2. The molecule has 2 unspecified atom stereocenters. The van der Waals surface area contributed by atoms with Gasteiger partial charge in [-0.2, -0.15) is 5.10 Å². The van der Waals surface area contributed by atoms with Gasteiger partial charge in [0.2, 0.25) is 0 Å². The molecule has 2 atom stereocenters. The quantitative estimate of drug-likeness (QED) is 0.793. The fourth-order valence-electron chi connectivity index (χ4n) is 1.31. The monoisotopic (exact) mass is 225 g/mol. The molecule has 4 nitrogen and oxygen atoms in total. The largest absolute Gasteiger partial charge is 0.390 e. The SMILES string of the molecule is CC(NCC(O)Cn1cccn1)C(C)(C)C. The van der Waals surface area contributed by atoms with E-state index in [2.05, 4.69) is 38.1 Å². The molecule has 92 valence electrons. The smallest absolute Gasteiger partial charge is 0.0860 e. The van der Waals surface area contributed by atoms with Gasteiger partial charge in [0.15, 0.2) is 0 Å². The van der Waals surface area contributed by atoms with Gasteiger partial charge in [0, 0.05) is 25.0 Å². The van der Waals surface area contributed by atoms with Crippen LogP contribution >= 0.6 is 0 Å². The van der Waals surface area contributed by atoms with E-state index in [4.69, 9.17) is 0 Å². The van der Waals surface area contributed by atoms with Crippen molar-refractivity contribution in [1.29, 1.82) is 0 Å². The number of aliphatic hydroxyl groups excluding tert-OH is 1.